The smallest absolute Gasteiger partial charge is 0.266 e. The number of fused-ring (bicyclic) bond motifs is 1. The van der Waals surface area contributed by atoms with Gasteiger partial charge in [0.15, 0.2) is 5.82 Å². The predicted molar refractivity (Wildman–Crippen MR) is 131 cm³/mol. The lowest BCUT2D eigenvalue weighted by Gasteiger charge is -2.29. The molecule has 0 radical (unpaired) electrons. The summed E-state index contributed by atoms with van der Waals surface area (Å²) in [6, 6.07) is 11.0. The molecule has 1 aliphatic rings. The Bertz CT molecular complexity index is 1390. The number of sulfonamides is 1. The Balaban J connectivity index is 1.29. The molecular formula is C23H25FN6O2S2. The maximum absolute atomic E-state index is 15.0. The van der Waals surface area contributed by atoms with Crippen molar-refractivity contribution in [3.63, 3.8) is 0 Å². The van der Waals surface area contributed by atoms with Crippen molar-refractivity contribution in [1.82, 2.24) is 19.5 Å². The van der Waals surface area contributed by atoms with Crippen molar-refractivity contribution in [2.75, 3.05) is 29.8 Å². The van der Waals surface area contributed by atoms with Crippen LogP contribution in [0.3, 0.4) is 0 Å². The molecule has 1 saturated heterocycles. The van der Waals surface area contributed by atoms with E-state index >= 15 is 0 Å². The fourth-order valence-corrected chi connectivity index (χ4v) is 6.16. The number of aromatic nitrogens is 3. The van der Waals surface area contributed by atoms with E-state index in [0.717, 1.165) is 37.3 Å². The number of likely N-dealkylation sites (tertiary alicyclic amines) is 1. The first-order valence-electron chi connectivity index (χ1n) is 10.9. The second kappa shape index (κ2) is 8.97. The van der Waals surface area contributed by atoms with Crippen LogP contribution in [0.2, 0.25) is 0 Å². The summed E-state index contributed by atoms with van der Waals surface area (Å²) in [5.41, 5.74) is 4.97. The van der Waals surface area contributed by atoms with E-state index in [-0.39, 0.29) is 16.8 Å². The maximum atomic E-state index is 15.0. The molecule has 1 unspecified atom stereocenters. The molecule has 1 fully saturated rings. The molecule has 4 heterocycles. The highest BCUT2D eigenvalue weighted by atomic mass is 32.2. The van der Waals surface area contributed by atoms with Crippen molar-refractivity contribution in [3.05, 3.63) is 70.6 Å². The minimum Gasteiger partial charge on any atom is -0.370 e. The van der Waals surface area contributed by atoms with Crippen LogP contribution in [-0.2, 0) is 16.6 Å². The number of pyridine rings is 1. The molecule has 0 aliphatic carbocycles. The number of aryl methyl sites for hydroxylation is 1. The third-order valence-corrected chi connectivity index (χ3v) is 8.15. The van der Waals surface area contributed by atoms with Crippen molar-refractivity contribution >= 4 is 38.4 Å². The molecule has 1 atom stereocenters. The average molecular weight is 501 g/mol. The second-order valence-electron chi connectivity index (χ2n) is 8.54. The van der Waals surface area contributed by atoms with Crippen LogP contribution in [0.1, 0.15) is 17.7 Å². The van der Waals surface area contributed by atoms with Crippen molar-refractivity contribution in [2.45, 2.75) is 30.8 Å². The summed E-state index contributed by atoms with van der Waals surface area (Å²) in [5, 5.41) is 6.19. The van der Waals surface area contributed by atoms with Crippen LogP contribution in [-0.4, -0.2) is 54.1 Å². The van der Waals surface area contributed by atoms with E-state index in [0.29, 0.717) is 11.3 Å². The molecule has 8 nitrogen and oxygen atoms in total. The lowest BCUT2D eigenvalue weighted by Crippen LogP contribution is -2.35. The highest BCUT2D eigenvalue weighted by Crippen LogP contribution is 2.30. The Morgan fingerprint density at radius 3 is 2.91 bits per heavy atom. The van der Waals surface area contributed by atoms with Crippen LogP contribution in [0.25, 0.3) is 5.52 Å². The molecule has 4 aromatic rings. The van der Waals surface area contributed by atoms with Gasteiger partial charge >= 0.3 is 0 Å². The maximum Gasteiger partial charge on any atom is 0.266 e. The zero-order valence-corrected chi connectivity index (χ0v) is 20.5. The summed E-state index contributed by atoms with van der Waals surface area (Å²) in [7, 11) is -2.14. The molecule has 34 heavy (non-hydrogen) atoms. The van der Waals surface area contributed by atoms with Crippen LogP contribution in [0.5, 0.6) is 0 Å². The third-order valence-electron chi connectivity index (χ3n) is 6.19. The topological polar surface area (TPSA) is 82.8 Å². The summed E-state index contributed by atoms with van der Waals surface area (Å²) in [5.74, 6) is -0.602. The van der Waals surface area contributed by atoms with Gasteiger partial charge in [-0.05, 0) is 49.2 Å². The number of benzene rings is 1. The van der Waals surface area contributed by atoms with E-state index < -0.39 is 15.8 Å². The monoisotopic (exact) mass is 500 g/mol. The van der Waals surface area contributed by atoms with Crippen LogP contribution in [0, 0.1) is 12.7 Å². The van der Waals surface area contributed by atoms with E-state index in [1.165, 1.54) is 29.0 Å². The third kappa shape index (κ3) is 4.50. The Morgan fingerprint density at radius 1 is 1.29 bits per heavy atom. The number of hydrogen-bond acceptors (Lipinski definition) is 7. The Hall–Kier alpha value is -3.02. The number of hydrogen-bond donors (Lipinski definition) is 1. The number of likely N-dealkylation sites (N-methyl/N-ethyl adjacent to an activating group) is 1. The molecule has 5 rings (SSSR count). The van der Waals surface area contributed by atoms with Crippen molar-refractivity contribution < 1.29 is 12.8 Å². The van der Waals surface area contributed by atoms with Gasteiger partial charge in [-0.15, -0.1) is 11.3 Å². The lowest BCUT2D eigenvalue weighted by atomic mass is 10.1. The van der Waals surface area contributed by atoms with Crippen LogP contribution < -0.4 is 9.62 Å². The van der Waals surface area contributed by atoms with Crippen molar-refractivity contribution in [3.8, 4) is 0 Å². The SMILES string of the molecule is Cc1cc(S(=O)(=O)Nc2cscn2)c(F)cc1N(C)C1CCN(Cc2cc3ccccn3n2)C1. The van der Waals surface area contributed by atoms with E-state index in [1.807, 2.05) is 40.9 Å². The highest BCUT2D eigenvalue weighted by Gasteiger charge is 2.29. The van der Waals surface area contributed by atoms with Gasteiger partial charge in [0, 0.05) is 50.0 Å². The molecule has 0 amide bonds. The van der Waals surface area contributed by atoms with Crippen LogP contribution in [0.4, 0.5) is 15.9 Å². The zero-order valence-electron chi connectivity index (χ0n) is 18.8. The van der Waals surface area contributed by atoms with Gasteiger partial charge in [0.25, 0.3) is 10.0 Å². The number of halogens is 1. The van der Waals surface area contributed by atoms with E-state index in [1.54, 1.807) is 12.3 Å². The summed E-state index contributed by atoms with van der Waals surface area (Å²) >= 11 is 1.26. The minimum atomic E-state index is -4.07. The summed E-state index contributed by atoms with van der Waals surface area (Å²) in [6.45, 7) is 4.28. The summed E-state index contributed by atoms with van der Waals surface area (Å²) in [6.07, 6.45) is 2.86. The molecule has 0 saturated carbocycles. The number of rotatable bonds is 7. The number of anilines is 2. The van der Waals surface area contributed by atoms with E-state index in [4.69, 9.17) is 0 Å². The quantitative estimate of drug-likeness (QED) is 0.416. The molecule has 3 aromatic heterocycles. The first kappa shape index (κ1) is 22.8. The van der Waals surface area contributed by atoms with Crippen molar-refractivity contribution in [1.29, 1.82) is 0 Å². The van der Waals surface area contributed by atoms with E-state index in [9.17, 15) is 12.8 Å². The van der Waals surface area contributed by atoms with Gasteiger partial charge in [0.2, 0.25) is 0 Å². The number of thiazole rings is 1. The predicted octanol–water partition coefficient (Wildman–Crippen LogP) is 3.75. The molecule has 0 bridgehead atoms. The summed E-state index contributed by atoms with van der Waals surface area (Å²) < 4.78 is 44.5. The molecule has 1 aromatic carbocycles. The average Bonchev–Trinajstić information content (AvgIpc) is 3.55. The second-order valence-corrected chi connectivity index (χ2v) is 10.9. The standard InChI is InChI=1S/C23H25FN6O2S2/c1-16-9-22(34(31,32)27-23-14-33-15-25-23)20(24)11-21(16)28(2)19-6-8-29(13-19)12-17-10-18-5-3-4-7-30(18)26-17/h3-5,7,9-11,14-15,19,27H,6,8,12-13H2,1-2H3. The van der Waals surface area contributed by atoms with E-state index in [2.05, 4.69) is 25.8 Å². The molecule has 0 spiro atoms. The Labute approximate surface area is 201 Å². The molecule has 11 heteroatoms. The fraction of sp³-hybridized carbons (Fsp3) is 0.304. The Kier molecular flexibility index (Phi) is 6.00. The Morgan fingerprint density at radius 2 is 2.15 bits per heavy atom. The van der Waals surface area contributed by atoms with Gasteiger partial charge in [-0.1, -0.05) is 6.07 Å². The van der Waals surface area contributed by atoms with Gasteiger partial charge in [0.1, 0.15) is 10.7 Å². The zero-order chi connectivity index (χ0) is 23.9. The molecular weight excluding hydrogens is 475 g/mol. The normalized spacial score (nSPS) is 16.9. The van der Waals surface area contributed by atoms with Gasteiger partial charge in [-0.3, -0.25) is 9.62 Å². The van der Waals surface area contributed by atoms with Gasteiger partial charge in [-0.25, -0.2) is 22.3 Å². The highest BCUT2D eigenvalue weighted by molar-refractivity contribution is 7.92. The molecule has 178 valence electrons. The van der Waals surface area contributed by atoms with Gasteiger partial charge in [0.05, 0.1) is 16.7 Å². The largest absolute Gasteiger partial charge is 0.370 e. The van der Waals surface area contributed by atoms with Crippen LogP contribution in [0.15, 0.2) is 58.4 Å². The van der Waals surface area contributed by atoms with Gasteiger partial charge < -0.3 is 4.90 Å². The van der Waals surface area contributed by atoms with Crippen LogP contribution >= 0.6 is 11.3 Å². The molecule has 1 aliphatic heterocycles. The number of nitrogens with one attached hydrogen (secondary N) is 1. The molecule has 1 N–H and O–H groups in total. The minimum absolute atomic E-state index is 0.180. The first-order valence-corrected chi connectivity index (χ1v) is 13.3. The summed E-state index contributed by atoms with van der Waals surface area (Å²) in [4.78, 5) is 7.92. The van der Waals surface area contributed by atoms with Crippen molar-refractivity contribution in [2.24, 2.45) is 0 Å². The number of nitrogens with zero attached hydrogens (tertiary/aromatic N) is 5. The lowest BCUT2D eigenvalue weighted by molar-refractivity contribution is 0.321. The first-order chi connectivity index (χ1) is 16.3. The van der Waals surface area contributed by atoms with Gasteiger partial charge in [-0.2, -0.15) is 5.10 Å². The fourth-order valence-electron chi connectivity index (χ4n) is 4.45.